The average Bonchev–Trinajstić information content (AvgIpc) is 3.33. The van der Waals surface area contributed by atoms with Crippen LogP contribution in [0.1, 0.15) is 5.56 Å². The molecule has 6 heteroatoms. The van der Waals surface area contributed by atoms with Crippen molar-refractivity contribution in [3.63, 3.8) is 0 Å². The SMILES string of the molecule is Cc1ccccc1NC(=O)Cn1cccc1-c1nc(-c2ccccc2)no1. The van der Waals surface area contributed by atoms with Gasteiger partial charge in [-0.05, 0) is 30.7 Å². The van der Waals surface area contributed by atoms with Crippen LogP contribution in [0.25, 0.3) is 23.0 Å². The second kappa shape index (κ2) is 7.29. The third-order valence-corrected chi connectivity index (χ3v) is 4.24. The van der Waals surface area contributed by atoms with Crippen molar-refractivity contribution in [1.29, 1.82) is 0 Å². The van der Waals surface area contributed by atoms with Gasteiger partial charge in [-0.2, -0.15) is 4.98 Å². The van der Waals surface area contributed by atoms with Gasteiger partial charge in [0, 0.05) is 17.4 Å². The smallest absolute Gasteiger partial charge is 0.274 e. The van der Waals surface area contributed by atoms with Gasteiger partial charge in [0.25, 0.3) is 5.89 Å². The summed E-state index contributed by atoms with van der Waals surface area (Å²) in [6.45, 7) is 2.11. The molecule has 0 spiro atoms. The number of hydrogen-bond donors (Lipinski definition) is 1. The van der Waals surface area contributed by atoms with E-state index in [1.54, 1.807) is 4.57 Å². The van der Waals surface area contributed by atoms with Gasteiger partial charge in [-0.1, -0.05) is 53.7 Å². The molecular weight excluding hydrogens is 340 g/mol. The van der Waals surface area contributed by atoms with E-state index < -0.39 is 0 Å². The largest absolute Gasteiger partial charge is 0.334 e. The van der Waals surface area contributed by atoms with Crippen LogP contribution in [-0.2, 0) is 11.3 Å². The quantitative estimate of drug-likeness (QED) is 0.582. The molecule has 2 heterocycles. The second-order valence-corrected chi connectivity index (χ2v) is 6.17. The number of para-hydroxylation sites is 1. The summed E-state index contributed by atoms with van der Waals surface area (Å²) in [6, 6.07) is 21.0. The van der Waals surface area contributed by atoms with Crippen LogP contribution in [0.3, 0.4) is 0 Å². The van der Waals surface area contributed by atoms with Gasteiger partial charge in [0.15, 0.2) is 0 Å². The van der Waals surface area contributed by atoms with Crippen molar-refractivity contribution in [2.24, 2.45) is 0 Å². The minimum atomic E-state index is -0.121. The zero-order valence-electron chi connectivity index (χ0n) is 14.8. The Morgan fingerprint density at radius 3 is 2.63 bits per heavy atom. The third-order valence-electron chi connectivity index (χ3n) is 4.24. The lowest BCUT2D eigenvalue weighted by Crippen LogP contribution is -2.19. The number of rotatable bonds is 5. The molecule has 2 aromatic carbocycles. The van der Waals surface area contributed by atoms with Gasteiger partial charge in [0.05, 0.1) is 0 Å². The predicted molar refractivity (Wildman–Crippen MR) is 103 cm³/mol. The molecule has 0 atom stereocenters. The summed E-state index contributed by atoms with van der Waals surface area (Å²) in [5.74, 6) is 0.773. The van der Waals surface area contributed by atoms with E-state index in [9.17, 15) is 4.79 Å². The van der Waals surface area contributed by atoms with Crippen LogP contribution in [-0.4, -0.2) is 20.6 Å². The van der Waals surface area contributed by atoms with Gasteiger partial charge in [0.2, 0.25) is 11.7 Å². The highest BCUT2D eigenvalue weighted by Crippen LogP contribution is 2.23. The first-order valence-corrected chi connectivity index (χ1v) is 8.61. The summed E-state index contributed by atoms with van der Waals surface area (Å²) < 4.78 is 7.20. The number of nitrogens with one attached hydrogen (secondary N) is 1. The fourth-order valence-electron chi connectivity index (χ4n) is 2.84. The summed E-state index contributed by atoms with van der Waals surface area (Å²) in [4.78, 5) is 16.9. The molecule has 134 valence electrons. The summed E-state index contributed by atoms with van der Waals surface area (Å²) >= 11 is 0. The summed E-state index contributed by atoms with van der Waals surface area (Å²) in [6.07, 6.45) is 1.82. The van der Waals surface area contributed by atoms with Gasteiger partial charge in [-0.3, -0.25) is 4.79 Å². The Morgan fingerprint density at radius 2 is 1.81 bits per heavy atom. The Bertz CT molecular complexity index is 1070. The Balaban J connectivity index is 1.53. The first-order chi connectivity index (χ1) is 13.2. The normalized spacial score (nSPS) is 10.7. The lowest BCUT2D eigenvalue weighted by atomic mass is 10.2. The lowest BCUT2D eigenvalue weighted by molar-refractivity contribution is -0.116. The highest BCUT2D eigenvalue weighted by molar-refractivity contribution is 5.91. The van der Waals surface area contributed by atoms with Crippen LogP contribution in [0.2, 0.25) is 0 Å². The summed E-state index contributed by atoms with van der Waals surface area (Å²) in [5.41, 5.74) is 3.40. The summed E-state index contributed by atoms with van der Waals surface area (Å²) in [7, 11) is 0. The topological polar surface area (TPSA) is 73.0 Å². The van der Waals surface area contributed by atoms with Crippen molar-refractivity contribution in [3.8, 4) is 23.0 Å². The third kappa shape index (κ3) is 3.64. The molecule has 1 N–H and O–H groups in total. The monoisotopic (exact) mass is 358 g/mol. The summed E-state index contributed by atoms with van der Waals surface area (Å²) in [5, 5.41) is 6.97. The lowest BCUT2D eigenvalue weighted by Gasteiger charge is -2.10. The van der Waals surface area contributed by atoms with E-state index in [-0.39, 0.29) is 12.5 Å². The maximum atomic E-state index is 12.4. The molecule has 0 aliphatic carbocycles. The molecule has 1 amide bonds. The van der Waals surface area contributed by atoms with Crippen LogP contribution in [0.15, 0.2) is 77.4 Å². The maximum Gasteiger partial charge on any atom is 0.274 e. The molecule has 0 fully saturated rings. The first-order valence-electron chi connectivity index (χ1n) is 8.61. The van der Waals surface area contributed by atoms with Crippen molar-refractivity contribution in [3.05, 3.63) is 78.5 Å². The van der Waals surface area contributed by atoms with Gasteiger partial charge >= 0.3 is 0 Å². The van der Waals surface area contributed by atoms with Crippen LogP contribution >= 0.6 is 0 Å². The molecule has 0 aliphatic rings. The number of benzene rings is 2. The number of carbonyl (C=O) groups excluding carboxylic acids is 1. The maximum absolute atomic E-state index is 12.4. The number of anilines is 1. The first kappa shape index (κ1) is 16.8. The highest BCUT2D eigenvalue weighted by atomic mass is 16.5. The molecule has 6 nitrogen and oxygen atoms in total. The van der Waals surface area contributed by atoms with E-state index in [1.807, 2.05) is 79.9 Å². The Morgan fingerprint density at radius 1 is 1.04 bits per heavy atom. The number of nitrogens with zero attached hydrogens (tertiary/aromatic N) is 3. The van der Waals surface area contributed by atoms with Crippen LogP contribution in [0, 0.1) is 6.92 Å². The Labute approximate surface area is 156 Å². The number of aromatic nitrogens is 3. The Kier molecular flexibility index (Phi) is 4.53. The number of hydrogen-bond acceptors (Lipinski definition) is 4. The number of carbonyl (C=O) groups is 1. The van der Waals surface area contributed by atoms with Crippen molar-refractivity contribution in [1.82, 2.24) is 14.7 Å². The van der Waals surface area contributed by atoms with Crippen molar-refractivity contribution in [2.45, 2.75) is 13.5 Å². The van der Waals surface area contributed by atoms with Crippen LogP contribution in [0.5, 0.6) is 0 Å². The minimum Gasteiger partial charge on any atom is -0.334 e. The predicted octanol–water partition coefficient (Wildman–Crippen LogP) is 4.15. The van der Waals surface area contributed by atoms with E-state index in [0.29, 0.717) is 17.4 Å². The van der Waals surface area contributed by atoms with Crippen molar-refractivity contribution < 1.29 is 9.32 Å². The molecule has 0 saturated heterocycles. The molecule has 4 rings (SSSR count). The van der Waals surface area contributed by atoms with Gasteiger partial charge < -0.3 is 14.4 Å². The molecule has 0 unspecified atom stereocenters. The molecule has 2 aromatic heterocycles. The fraction of sp³-hybridized carbons (Fsp3) is 0.0952. The zero-order chi connectivity index (χ0) is 18.6. The number of amides is 1. The zero-order valence-corrected chi connectivity index (χ0v) is 14.8. The standard InChI is InChI=1S/C21H18N4O2/c1-15-8-5-6-11-17(15)22-19(26)14-25-13-7-12-18(25)21-23-20(24-27-21)16-9-3-2-4-10-16/h2-13H,14H2,1H3,(H,22,26). The van der Waals surface area contributed by atoms with Crippen LogP contribution in [0.4, 0.5) is 5.69 Å². The molecule has 0 radical (unpaired) electrons. The average molecular weight is 358 g/mol. The number of aryl methyl sites for hydroxylation is 1. The van der Waals surface area contributed by atoms with E-state index in [4.69, 9.17) is 4.52 Å². The molecular formula is C21H18N4O2. The van der Waals surface area contributed by atoms with Crippen LogP contribution < -0.4 is 5.32 Å². The van der Waals surface area contributed by atoms with E-state index in [1.165, 1.54) is 0 Å². The minimum absolute atomic E-state index is 0.121. The molecule has 0 bridgehead atoms. The van der Waals surface area contributed by atoms with Gasteiger partial charge in [-0.15, -0.1) is 0 Å². The van der Waals surface area contributed by atoms with Gasteiger partial charge in [-0.25, -0.2) is 0 Å². The molecule has 0 saturated carbocycles. The second-order valence-electron chi connectivity index (χ2n) is 6.17. The van der Waals surface area contributed by atoms with E-state index in [0.717, 1.165) is 16.8 Å². The molecule has 0 aliphatic heterocycles. The Hall–Kier alpha value is -3.67. The van der Waals surface area contributed by atoms with Crippen molar-refractivity contribution in [2.75, 3.05) is 5.32 Å². The molecule has 27 heavy (non-hydrogen) atoms. The van der Waals surface area contributed by atoms with E-state index >= 15 is 0 Å². The van der Waals surface area contributed by atoms with Gasteiger partial charge in [0.1, 0.15) is 12.2 Å². The highest BCUT2D eigenvalue weighted by Gasteiger charge is 2.15. The van der Waals surface area contributed by atoms with E-state index in [2.05, 4.69) is 15.5 Å². The fourth-order valence-corrected chi connectivity index (χ4v) is 2.84. The molecule has 4 aromatic rings. The van der Waals surface area contributed by atoms with Crippen molar-refractivity contribution >= 4 is 11.6 Å².